The van der Waals surface area contributed by atoms with E-state index in [2.05, 4.69) is 15.6 Å². The van der Waals surface area contributed by atoms with Crippen LogP contribution in [0.4, 0.5) is 14.5 Å². The minimum atomic E-state index is -0.867. The van der Waals surface area contributed by atoms with Gasteiger partial charge in [0.15, 0.2) is 0 Å². The molecule has 2 aromatic rings. The zero-order valence-electron chi connectivity index (χ0n) is 13.2. The molecule has 0 unspecified atom stereocenters. The summed E-state index contributed by atoms with van der Waals surface area (Å²) in [6.45, 7) is 4.62. The van der Waals surface area contributed by atoms with Crippen LogP contribution in [-0.2, 0) is 16.2 Å². The fourth-order valence-electron chi connectivity index (χ4n) is 2.53. The minimum absolute atomic E-state index is 0.103. The van der Waals surface area contributed by atoms with E-state index in [0.717, 1.165) is 29.9 Å². The Hall–Kier alpha value is -2.77. The molecule has 126 valence electrons. The van der Waals surface area contributed by atoms with E-state index in [9.17, 15) is 13.6 Å². The summed E-state index contributed by atoms with van der Waals surface area (Å²) < 4.78 is 28.3. The molecule has 24 heavy (non-hydrogen) atoms. The van der Waals surface area contributed by atoms with Crippen molar-refractivity contribution in [3.63, 3.8) is 0 Å². The largest absolute Gasteiger partial charge is 0.382 e. The van der Waals surface area contributed by atoms with Gasteiger partial charge in [0, 0.05) is 30.3 Å². The minimum Gasteiger partial charge on any atom is -0.382 e. The number of aromatic nitrogens is 2. The van der Waals surface area contributed by atoms with Gasteiger partial charge in [0.25, 0.3) is 5.91 Å². The molecule has 0 fully saturated rings. The van der Waals surface area contributed by atoms with Crippen molar-refractivity contribution >= 4 is 17.3 Å². The van der Waals surface area contributed by atoms with E-state index in [1.807, 2.05) is 18.5 Å². The summed E-state index contributed by atoms with van der Waals surface area (Å²) in [6, 6.07) is 2.93. The monoisotopic (exact) mass is 334 g/mol. The summed E-state index contributed by atoms with van der Waals surface area (Å²) in [4.78, 5) is 17.3. The van der Waals surface area contributed by atoms with Crippen LogP contribution in [0.3, 0.4) is 0 Å². The first-order valence-electron chi connectivity index (χ1n) is 7.51. The van der Waals surface area contributed by atoms with Crippen LogP contribution in [0.1, 0.15) is 24.6 Å². The van der Waals surface area contributed by atoms with Crippen LogP contribution >= 0.6 is 0 Å². The van der Waals surface area contributed by atoms with E-state index >= 15 is 0 Å². The van der Waals surface area contributed by atoms with Crippen LogP contribution in [0.15, 0.2) is 29.6 Å². The van der Waals surface area contributed by atoms with E-state index in [1.54, 1.807) is 6.20 Å². The van der Waals surface area contributed by atoms with E-state index in [1.165, 1.54) is 0 Å². The zero-order valence-corrected chi connectivity index (χ0v) is 13.2. The number of hydrogen-bond donors (Lipinski definition) is 1. The topological polar surface area (TPSA) is 68.5 Å². The SMILES string of the molecule is CCn1ncc(C2=NO[C@H](C(=O)Nc3ccc(F)cc3F)C2)c1C. The summed E-state index contributed by atoms with van der Waals surface area (Å²) in [6.07, 6.45) is 1.07. The molecule has 0 bridgehead atoms. The molecule has 2 heterocycles. The smallest absolute Gasteiger partial charge is 0.268 e. The highest BCUT2D eigenvalue weighted by molar-refractivity contribution is 6.06. The summed E-state index contributed by atoms with van der Waals surface area (Å²) in [5, 5.41) is 10.6. The molecule has 1 N–H and O–H groups in total. The van der Waals surface area contributed by atoms with Crippen molar-refractivity contribution in [2.75, 3.05) is 5.32 Å². The van der Waals surface area contributed by atoms with E-state index < -0.39 is 23.6 Å². The molecule has 1 atom stereocenters. The number of halogens is 2. The molecule has 1 aromatic carbocycles. The standard InChI is InChI=1S/C16H16F2N4O2/c1-3-22-9(2)11(8-19-22)14-7-15(24-21-14)16(23)20-13-5-4-10(17)6-12(13)18/h4-6,8,15H,3,7H2,1-2H3,(H,20,23)/t15-/m0/s1. The van der Waals surface area contributed by atoms with Gasteiger partial charge in [-0.3, -0.25) is 9.48 Å². The number of carbonyl (C=O) groups is 1. The Morgan fingerprint density at radius 1 is 1.46 bits per heavy atom. The van der Waals surface area contributed by atoms with E-state index in [-0.39, 0.29) is 12.1 Å². The predicted molar refractivity (Wildman–Crippen MR) is 83.7 cm³/mol. The number of amides is 1. The first-order chi connectivity index (χ1) is 11.5. The summed E-state index contributed by atoms with van der Waals surface area (Å²) >= 11 is 0. The Kier molecular flexibility index (Phi) is 4.28. The second-order valence-corrected chi connectivity index (χ2v) is 5.41. The van der Waals surface area contributed by atoms with Crippen LogP contribution in [0, 0.1) is 18.6 Å². The molecule has 1 aliphatic rings. The molecule has 0 aliphatic carbocycles. The van der Waals surface area contributed by atoms with Gasteiger partial charge in [-0.1, -0.05) is 5.16 Å². The maximum Gasteiger partial charge on any atom is 0.268 e. The van der Waals surface area contributed by atoms with Crippen molar-refractivity contribution in [2.24, 2.45) is 5.16 Å². The molecule has 0 saturated heterocycles. The molecule has 0 spiro atoms. The third-order valence-electron chi connectivity index (χ3n) is 3.86. The number of carbonyl (C=O) groups excluding carboxylic acids is 1. The van der Waals surface area contributed by atoms with E-state index in [0.29, 0.717) is 11.8 Å². The Morgan fingerprint density at radius 2 is 2.25 bits per heavy atom. The lowest BCUT2D eigenvalue weighted by molar-refractivity contribution is -0.125. The number of nitrogens with one attached hydrogen (secondary N) is 1. The third-order valence-corrected chi connectivity index (χ3v) is 3.86. The van der Waals surface area contributed by atoms with Crippen LogP contribution in [0.2, 0.25) is 0 Å². The first-order valence-corrected chi connectivity index (χ1v) is 7.51. The third kappa shape index (κ3) is 2.99. The highest BCUT2D eigenvalue weighted by Gasteiger charge is 2.30. The van der Waals surface area contributed by atoms with Gasteiger partial charge in [-0.2, -0.15) is 5.10 Å². The Bertz CT molecular complexity index is 816. The molecule has 0 saturated carbocycles. The summed E-state index contributed by atoms with van der Waals surface area (Å²) in [5.74, 6) is -2.10. The van der Waals surface area contributed by atoms with Crippen molar-refractivity contribution in [3.8, 4) is 0 Å². The van der Waals surface area contributed by atoms with Crippen LogP contribution < -0.4 is 5.32 Å². The molecule has 1 aliphatic heterocycles. The molecule has 1 amide bonds. The molecule has 6 nitrogen and oxygen atoms in total. The quantitative estimate of drug-likeness (QED) is 0.934. The predicted octanol–water partition coefficient (Wildman–Crippen LogP) is 2.62. The number of oxime groups is 1. The molecule has 3 rings (SSSR count). The van der Waals surface area contributed by atoms with Crippen molar-refractivity contribution in [3.05, 3.63) is 47.3 Å². The normalized spacial score (nSPS) is 16.7. The number of hydrogen-bond acceptors (Lipinski definition) is 4. The highest BCUT2D eigenvalue weighted by Crippen LogP contribution is 2.21. The Labute approximate surface area is 137 Å². The van der Waals surface area contributed by atoms with Crippen LogP contribution in [0.5, 0.6) is 0 Å². The second kappa shape index (κ2) is 6.38. The second-order valence-electron chi connectivity index (χ2n) is 5.41. The van der Waals surface area contributed by atoms with Gasteiger partial charge in [-0.05, 0) is 26.0 Å². The van der Waals surface area contributed by atoms with Gasteiger partial charge in [0.05, 0.1) is 17.6 Å². The van der Waals surface area contributed by atoms with Gasteiger partial charge < -0.3 is 10.2 Å². The lowest BCUT2D eigenvalue weighted by Crippen LogP contribution is -2.28. The zero-order chi connectivity index (χ0) is 17.3. The van der Waals surface area contributed by atoms with Crippen LogP contribution in [-0.4, -0.2) is 27.5 Å². The Morgan fingerprint density at radius 3 is 2.92 bits per heavy atom. The van der Waals surface area contributed by atoms with Crippen molar-refractivity contribution < 1.29 is 18.4 Å². The molecule has 1 aromatic heterocycles. The molecular formula is C16H16F2N4O2. The van der Waals surface area contributed by atoms with Gasteiger partial charge in [0.1, 0.15) is 11.6 Å². The number of aryl methyl sites for hydroxylation is 1. The fourth-order valence-corrected chi connectivity index (χ4v) is 2.53. The molecule has 0 radical (unpaired) electrons. The lowest BCUT2D eigenvalue weighted by atomic mass is 10.1. The van der Waals surface area contributed by atoms with E-state index in [4.69, 9.17) is 4.84 Å². The number of nitrogens with zero attached hydrogens (tertiary/aromatic N) is 3. The van der Waals surface area contributed by atoms with Gasteiger partial charge in [-0.15, -0.1) is 0 Å². The summed E-state index contributed by atoms with van der Waals surface area (Å²) in [7, 11) is 0. The lowest BCUT2D eigenvalue weighted by Gasteiger charge is -2.10. The number of benzene rings is 1. The van der Waals surface area contributed by atoms with Crippen LogP contribution in [0.25, 0.3) is 0 Å². The average Bonchev–Trinajstić information content (AvgIpc) is 3.16. The first kappa shape index (κ1) is 16.1. The van der Waals surface area contributed by atoms with Gasteiger partial charge >= 0.3 is 0 Å². The molecule has 8 heteroatoms. The van der Waals surface area contributed by atoms with Crippen molar-refractivity contribution in [1.29, 1.82) is 0 Å². The molecular weight excluding hydrogens is 318 g/mol. The van der Waals surface area contributed by atoms with Gasteiger partial charge in [-0.25, -0.2) is 8.78 Å². The number of anilines is 1. The summed E-state index contributed by atoms with van der Waals surface area (Å²) in [5.41, 5.74) is 2.27. The Balaban J connectivity index is 1.68. The fraction of sp³-hybridized carbons (Fsp3) is 0.312. The number of rotatable bonds is 4. The average molecular weight is 334 g/mol. The maximum atomic E-state index is 13.6. The maximum absolute atomic E-state index is 13.6. The highest BCUT2D eigenvalue weighted by atomic mass is 19.1. The van der Waals surface area contributed by atoms with Crippen molar-refractivity contribution in [2.45, 2.75) is 32.9 Å². The van der Waals surface area contributed by atoms with Gasteiger partial charge in [0.2, 0.25) is 6.10 Å². The van der Waals surface area contributed by atoms with Crippen molar-refractivity contribution in [1.82, 2.24) is 9.78 Å².